The number of carboxylic acids is 1. The predicted octanol–water partition coefficient (Wildman–Crippen LogP) is 1.92. The smallest absolute Gasteiger partial charge is 0.335 e. The van der Waals surface area contributed by atoms with Gasteiger partial charge < -0.3 is 10.4 Å². The van der Waals surface area contributed by atoms with E-state index >= 15 is 0 Å². The van der Waals surface area contributed by atoms with E-state index in [9.17, 15) is 9.59 Å². The van der Waals surface area contributed by atoms with Crippen LogP contribution in [-0.2, 0) is 11.3 Å². The molecular weight excluding hydrogens is 307 g/mol. The minimum Gasteiger partial charge on any atom is -0.478 e. The number of nitrogens with zero attached hydrogens (tertiary/aromatic N) is 3. The van der Waals surface area contributed by atoms with E-state index in [1.807, 2.05) is 0 Å². The number of hydrogen-bond donors (Lipinski definition) is 2. The second kappa shape index (κ2) is 5.89. The SMILES string of the molecule is O=C(Cn1cncn1)Nc1c(Cl)cc(C(=O)O)cc1Cl. The Labute approximate surface area is 123 Å². The number of aromatic nitrogens is 3. The van der Waals surface area contributed by atoms with Crippen LogP contribution < -0.4 is 5.32 Å². The molecule has 0 radical (unpaired) electrons. The van der Waals surface area contributed by atoms with E-state index in [1.165, 1.54) is 29.5 Å². The van der Waals surface area contributed by atoms with Crippen molar-refractivity contribution >= 4 is 40.8 Å². The molecule has 0 aliphatic carbocycles. The molecule has 2 aromatic rings. The molecular formula is C11H8Cl2N4O3. The molecule has 0 saturated carbocycles. The first-order valence-corrected chi connectivity index (χ1v) is 6.07. The van der Waals surface area contributed by atoms with E-state index < -0.39 is 11.9 Å². The van der Waals surface area contributed by atoms with Gasteiger partial charge in [0.2, 0.25) is 5.91 Å². The maximum Gasteiger partial charge on any atom is 0.335 e. The lowest BCUT2D eigenvalue weighted by molar-refractivity contribution is -0.116. The summed E-state index contributed by atoms with van der Waals surface area (Å²) in [6, 6.07) is 2.42. The molecule has 0 atom stereocenters. The predicted molar refractivity (Wildman–Crippen MR) is 72.1 cm³/mol. The Morgan fingerprint density at radius 3 is 2.45 bits per heavy atom. The van der Waals surface area contributed by atoms with Gasteiger partial charge in [0.15, 0.2) is 0 Å². The molecule has 7 nitrogen and oxygen atoms in total. The van der Waals surface area contributed by atoms with E-state index in [4.69, 9.17) is 28.3 Å². The second-order valence-electron chi connectivity index (χ2n) is 3.76. The van der Waals surface area contributed by atoms with Crippen molar-refractivity contribution in [2.24, 2.45) is 0 Å². The fourth-order valence-corrected chi connectivity index (χ4v) is 2.04. The summed E-state index contributed by atoms with van der Waals surface area (Å²) in [6.45, 7) is -0.0622. The van der Waals surface area contributed by atoms with Crippen LogP contribution in [0.3, 0.4) is 0 Å². The molecule has 104 valence electrons. The Bertz CT molecular complexity index is 635. The molecule has 1 aromatic carbocycles. The summed E-state index contributed by atoms with van der Waals surface area (Å²) >= 11 is 11.8. The van der Waals surface area contributed by atoms with Gasteiger partial charge in [-0.05, 0) is 12.1 Å². The van der Waals surface area contributed by atoms with Crippen LogP contribution in [0, 0.1) is 0 Å². The second-order valence-corrected chi connectivity index (χ2v) is 4.58. The highest BCUT2D eigenvalue weighted by atomic mass is 35.5. The quantitative estimate of drug-likeness (QED) is 0.898. The van der Waals surface area contributed by atoms with Crippen molar-refractivity contribution in [1.29, 1.82) is 0 Å². The van der Waals surface area contributed by atoms with E-state index in [0.717, 1.165) is 0 Å². The molecule has 0 bridgehead atoms. The number of halogens is 2. The normalized spacial score (nSPS) is 10.3. The fourth-order valence-electron chi connectivity index (χ4n) is 1.46. The van der Waals surface area contributed by atoms with Gasteiger partial charge in [-0.25, -0.2) is 14.5 Å². The molecule has 0 spiro atoms. The number of benzene rings is 1. The summed E-state index contributed by atoms with van der Waals surface area (Å²) < 4.78 is 1.32. The van der Waals surface area contributed by atoms with E-state index in [0.29, 0.717) is 0 Å². The lowest BCUT2D eigenvalue weighted by Crippen LogP contribution is -2.19. The number of carboxylic acid groups (broad SMARTS) is 1. The topological polar surface area (TPSA) is 97.1 Å². The third-order valence-corrected chi connectivity index (χ3v) is 2.92. The lowest BCUT2D eigenvalue weighted by atomic mass is 10.2. The fraction of sp³-hybridized carbons (Fsp3) is 0.0909. The molecule has 0 saturated heterocycles. The average molecular weight is 315 g/mol. The van der Waals surface area contributed by atoms with Gasteiger partial charge in [0.05, 0.1) is 21.3 Å². The zero-order valence-corrected chi connectivity index (χ0v) is 11.4. The number of rotatable bonds is 4. The lowest BCUT2D eigenvalue weighted by Gasteiger charge is -2.10. The Hall–Kier alpha value is -2.12. The number of hydrogen-bond acceptors (Lipinski definition) is 4. The molecule has 1 aromatic heterocycles. The standard InChI is InChI=1S/C11H8Cl2N4O3/c12-7-1-6(11(19)20)2-8(13)10(7)16-9(18)3-17-5-14-4-15-17/h1-2,4-5H,3H2,(H,16,18)(H,19,20). The molecule has 1 amide bonds. The number of nitrogens with one attached hydrogen (secondary N) is 1. The van der Waals surface area contributed by atoms with Crippen molar-refractivity contribution in [3.05, 3.63) is 40.4 Å². The number of aromatic carboxylic acids is 1. The summed E-state index contributed by atoms with van der Waals surface area (Å²) in [5.41, 5.74) is 0.0951. The van der Waals surface area contributed by atoms with Gasteiger partial charge in [0.1, 0.15) is 19.2 Å². The van der Waals surface area contributed by atoms with Crippen LogP contribution in [0.4, 0.5) is 5.69 Å². The highest BCUT2D eigenvalue weighted by Gasteiger charge is 2.14. The van der Waals surface area contributed by atoms with E-state index in [-0.39, 0.29) is 27.8 Å². The molecule has 2 rings (SSSR count). The zero-order chi connectivity index (χ0) is 14.7. The van der Waals surface area contributed by atoms with Crippen LogP contribution in [0.1, 0.15) is 10.4 Å². The van der Waals surface area contributed by atoms with Crippen LogP contribution in [0.2, 0.25) is 10.0 Å². The Kier molecular flexibility index (Phi) is 4.21. The first kappa shape index (κ1) is 14.3. The maximum atomic E-state index is 11.8. The molecule has 2 N–H and O–H groups in total. The monoisotopic (exact) mass is 314 g/mol. The first-order valence-electron chi connectivity index (χ1n) is 5.32. The van der Waals surface area contributed by atoms with Gasteiger partial charge in [0.25, 0.3) is 0 Å². The third kappa shape index (κ3) is 3.25. The van der Waals surface area contributed by atoms with Gasteiger partial charge in [-0.3, -0.25) is 4.79 Å². The Balaban J connectivity index is 2.17. The molecule has 9 heteroatoms. The van der Waals surface area contributed by atoms with Gasteiger partial charge in [-0.2, -0.15) is 5.10 Å². The third-order valence-electron chi connectivity index (χ3n) is 2.33. The molecule has 0 fully saturated rings. The zero-order valence-electron chi connectivity index (χ0n) is 9.88. The van der Waals surface area contributed by atoms with Crippen LogP contribution in [-0.4, -0.2) is 31.7 Å². The molecule has 0 unspecified atom stereocenters. The summed E-state index contributed by atoms with van der Waals surface area (Å²) in [4.78, 5) is 26.3. The molecule has 20 heavy (non-hydrogen) atoms. The van der Waals surface area contributed by atoms with Crippen molar-refractivity contribution in [3.8, 4) is 0 Å². The molecule has 0 aliphatic rings. The van der Waals surface area contributed by atoms with Crippen LogP contribution >= 0.6 is 23.2 Å². The van der Waals surface area contributed by atoms with Crippen molar-refractivity contribution in [3.63, 3.8) is 0 Å². The average Bonchev–Trinajstić information content (AvgIpc) is 2.86. The van der Waals surface area contributed by atoms with Crippen molar-refractivity contribution in [2.45, 2.75) is 6.54 Å². The summed E-state index contributed by atoms with van der Waals surface area (Å²) in [5.74, 6) is -1.57. The van der Waals surface area contributed by atoms with Crippen LogP contribution in [0.5, 0.6) is 0 Å². The van der Waals surface area contributed by atoms with Gasteiger partial charge in [-0.1, -0.05) is 23.2 Å². The summed E-state index contributed by atoms with van der Waals surface area (Å²) in [6.07, 6.45) is 2.69. The van der Waals surface area contributed by atoms with E-state index in [1.54, 1.807) is 0 Å². The minimum absolute atomic E-state index is 0.0434. The van der Waals surface area contributed by atoms with Gasteiger partial charge >= 0.3 is 5.97 Å². The largest absolute Gasteiger partial charge is 0.478 e. The molecule has 0 aliphatic heterocycles. The minimum atomic E-state index is -1.16. The van der Waals surface area contributed by atoms with Crippen molar-refractivity contribution in [1.82, 2.24) is 14.8 Å². The van der Waals surface area contributed by atoms with Gasteiger partial charge in [0, 0.05) is 0 Å². The van der Waals surface area contributed by atoms with Crippen LogP contribution in [0.15, 0.2) is 24.8 Å². The molecule has 1 heterocycles. The first-order chi connectivity index (χ1) is 9.47. The summed E-state index contributed by atoms with van der Waals surface area (Å²) in [5, 5.41) is 15.2. The van der Waals surface area contributed by atoms with Gasteiger partial charge in [-0.15, -0.1) is 0 Å². The summed E-state index contributed by atoms with van der Waals surface area (Å²) in [7, 11) is 0. The van der Waals surface area contributed by atoms with Crippen molar-refractivity contribution < 1.29 is 14.7 Å². The number of carbonyl (C=O) groups is 2. The number of carbonyl (C=O) groups excluding carboxylic acids is 1. The number of amides is 1. The van der Waals surface area contributed by atoms with Crippen molar-refractivity contribution in [2.75, 3.05) is 5.32 Å². The maximum absolute atomic E-state index is 11.8. The number of anilines is 1. The highest BCUT2D eigenvalue weighted by molar-refractivity contribution is 6.40. The Morgan fingerprint density at radius 2 is 1.95 bits per heavy atom. The van der Waals surface area contributed by atoms with E-state index in [2.05, 4.69) is 15.4 Å². The Morgan fingerprint density at radius 1 is 1.30 bits per heavy atom. The highest BCUT2D eigenvalue weighted by Crippen LogP contribution is 2.31. The van der Waals surface area contributed by atoms with Crippen LogP contribution in [0.25, 0.3) is 0 Å².